The maximum atomic E-state index is 6.02. The molecule has 2 atom stereocenters. The van der Waals surface area contributed by atoms with E-state index in [1.807, 2.05) is 0 Å². The minimum atomic E-state index is -0.00365. The van der Waals surface area contributed by atoms with Crippen molar-refractivity contribution in [3.05, 3.63) is 30.6 Å². The van der Waals surface area contributed by atoms with Crippen LogP contribution in [0.5, 0.6) is 0 Å². The molecule has 0 amide bonds. The van der Waals surface area contributed by atoms with Crippen LogP contribution in [0, 0.1) is 0 Å². The van der Waals surface area contributed by atoms with E-state index in [2.05, 4.69) is 42.1 Å². The molecule has 0 bridgehead atoms. The molecule has 1 aliphatic heterocycles. The summed E-state index contributed by atoms with van der Waals surface area (Å²) in [5, 5.41) is 0. The molecule has 1 fully saturated rings. The summed E-state index contributed by atoms with van der Waals surface area (Å²) in [5.41, 5.74) is 0. The van der Waals surface area contributed by atoms with Gasteiger partial charge in [0.25, 0.3) is 0 Å². The van der Waals surface area contributed by atoms with Gasteiger partial charge in [-0.1, -0.05) is 109 Å². The number of aromatic nitrogens is 1. The van der Waals surface area contributed by atoms with Crippen LogP contribution in [0.4, 0.5) is 0 Å². The number of ether oxygens (including phenoxy) is 3. The lowest BCUT2D eigenvalue weighted by atomic mass is 10.0. The molecule has 1 aromatic heterocycles. The van der Waals surface area contributed by atoms with E-state index in [9.17, 15) is 0 Å². The molecule has 208 valence electrons. The predicted molar refractivity (Wildman–Crippen MR) is 150 cm³/mol. The average Bonchev–Trinajstić information content (AvgIpc) is 3.36. The molecule has 2 rings (SSSR count). The molecule has 1 aromatic rings. The van der Waals surface area contributed by atoms with Gasteiger partial charge in [0.15, 0.2) is 18.7 Å². The van der Waals surface area contributed by atoms with Crippen molar-refractivity contribution in [3.63, 3.8) is 0 Å². The molecule has 2 heterocycles. The highest BCUT2D eigenvalue weighted by molar-refractivity contribution is 4.83. The molecule has 4 heteroatoms. The third-order valence-electron chi connectivity index (χ3n) is 7.39. The molecular formula is C32H58NO3+. The zero-order valence-corrected chi connectivity index (χ0v) is 23.7. The first-order valence-electron chi connectivity index (χ1n) is 15.7. The smallest absolute Gasteiger partial charge is 0.168 e. The lowest BCUT2D eigenvalue weighted by Crippen LogP contribution is -2.32. The van der Waals surface area contributed by atoms with Gasteiger partial charge in [-0.2, -0.15) is 0 Å². The van der Waals surface area contributed by atoms with Crippen molar-refractivity contribution in [1.82, 2.24) is 0 Å². The van der Waals surface area contributed by atoms with Gasteiger partial charge in [0.1, 0.15) is 12.6 Å². The summed E-state index contributed by atoms with van der Waals surface area (Å²) in [4.78, 5) is 0. The molecule has 1 aliphatic rings. The van der Waals surface area contributed by atoms with E-state index >= 15 is 0 Å². The molecule has 0 spiro atoms. The summed E-state index contributed by atoms with van der Waals surface area (Å²) >= 11 is 0. The Labute approximate surface area is 223 Å². The van der Waals surface area contributed by atoms with Crippen LogP contribution < -0.4 is 4.57 Å². The van der Waals surface area contributed by atoms with E-state index in [4.69, 9.17) is 14.2 Å². The van der Waals surface area contributed by atoms with Gasteiger partial charge >= 0.3 is 0 Å². The Kier molecular flexibility index (Phi) is 20.1. The lowest BCUT2D eigenvalue weighted by Gasteiger charge is -2.12. The fraction of sp³-hybridized carbons (Fsp3) is 0.844. The Hall–Kier alpha value is -0.970. The fourth-order valence-corrected chi connectivity index (χ4v) is 5.08. The lowest BCUT2D eigenvalue weighted by molar-refractivity contribution is -0.697. The van der Waals surface area contributed by atoms with Gasteiger partial charge in [-0.3, -0.25) is 0 Å². The topological polar surface area (TPSA) is 31.6 Å². The van der Waals surface area contributed by atoms with Crippen LogP contribution >= 0.6 is 0 Å². The van der Waals surface area contributed by atoms with E-state index in [0.29, 0.717) is 13.2 Å². The molecule has 36 heavy (non-hydrogen) atoms. The first-order valence-corrected chi connectivity index (χ1v) is 15.7. The molecule has 1 saturated heterocycles. The van der Waals surface area contributed by atoms with Gasteiger partial charge < -0.3 is 14.2 Å². The monoisotopic (exact) mass is 504 g/mol. The number of rotatable bonds is 25. The molecule has 2 unspecified atom stereocenters. The average molecular weight is 505 g/mol. The Morgan fingerprint density at radius 1 is 0.667 bits per heavy atom. The number of hydrogen-bond donors (Lipinski definition) is 0. The Morgan fingerprint density at radius 3 is 1.86 bits per heavy atom. The molecule has 0 aliphatic carbocycles. The molecule has 0 N–H and O–H groups in total. The number of nitrogens with zero attached hydrogens (tertiary/aromatic N) is 1. The van der Waals surface area contributed by atoms with Crippen molar-refractivity contribution < 1.29 is 18.8 Å². The van der Waals surface area contributed by atoms with Crippen LogP contribution in [-0.4, -0.2) is 32.2 Å². The second-order valence-corrected chi connectivity index (χ2v) is 10.9. The Morgan fingerprint density at radius 2 is 1.22 bits per heavy atom. The highest BCUT2D eigenvalue weighted by Gasteiger charge is 2.25. The van der Waals surface area contributed by atoms with Crippen LogP contribution in [0.2, 0.25) is 0 Å². The SMILES string of the molecule is CCCCCCCCCCCCCCCCCC1OCC(COCCCCCC[n+]2ccccc2)O1. The minimum Gasteiger partial charge on any atom is -0.379 e. The van der Waals surface area contributed by atoms with E-state index in [1.165, 1.54) is 116 Å². The number of aryl methyl sites for hydroxylation is 1. The minimum absolute atomic E-state index is 0.00365. The maximum Gasteiger partial charge on any atom is 0.168 e. The van der Waals surface area contributed by atoms with Gasteiger partial charge in [-0.15, -0.1) is 0 Å². The van der Waals surface area contributed by atoms with Gasteiger partial charge in [0.05, 0.1) is 13.2 Å². The normalized spacial score (nSPS) is 17.7. The second kappa shape index (κ2) is 23.2. The first-order chi connectivity index (χ1) is 17.9. The summed E-state index contributed by atoms with van der Waals surface area (Å²) in [6, 6.07) is 6.25. The van der Waals surface area contributed by atoms with Crippen LogP contribution in [-0.2, 0) is 20.8 Å². The van der Waals surface area contributed by atoms with E-state index < -0.39 is 0 Å². The maximum absolute atomic E-state index is 6.02. The summed E-state index contributed by atoms with van der Waals surface area (Å²) < 4.78 is 20.0. The third-order valence-corrected chi connectivity index (χ3v) is 7.39. The number of unbranched alkanes of at least 4 members (excludes halogenated alkanes) is 17. The standard InChI is InChI=1S/C32H58NO3/c1-2-3-4-5-6-7-8-9-10-11-12-13-14-15-19-24-32-35-30-31(36-32)29-34-28-23-17-16-20-25-33-26-21-18-22-27-33/h18,21-22,26-27,31-32H,2-17,19-20,23-25,28-30H2,1H3/q+1. The van der Waals surface area contributed by atoms with E-state index in [1.54, 1.807) is 0 Å². The largest absolute Gasteiger partial charge is 0.379 e. The van der Waals surface area contributed by atoms with Crippen LogP contribution in [0.3, 0.4) is 0 Å². The highest BCUT2D eigenvalue weighted by Crippen LogP contribution is 2.19. The van der Waals surface area contributed by atoms with Crippen LogP contribution in [0.15, 0.2) is 30.6 Å². The van der Waals surface area contributed by atoms with Gasteiger partial charge in [-0.05, 0) is 25.7 Å². The van der Waals surface area contributed by atoms with E-state index in [-0.39, 0.29) is 12.4 Å². The van der Waals surface area contributed by atoms with Crippen LogP contribution in [0.1, 0.15) is 135 Å². The van der Waals surface area contributed by atoms with E-state index in [0.717, 1.165) is 26.0 Å². The first kappa shape index (κ1) is 31.2. The molecular weight excluding hydrogens is 446 g/mol. The Bertz CT molecular complexity index is 582. The molecule has 4 nitrogen and oxygen atoms in total. The van der Waals surface area contributed by atoms with Crippen molar-refractivity contribution in [2.45, 2.75) is 154 Å². The van der Waals surface area contributed by atoms with Crippen molar-refractivity contribution >= 4 is 0 Å². The highest BCUT2D eigenvalue weighted by atomic mass is 16.7. The van der Waals surface area contributed by atoms with Gasteiger partial charge in [0.2, 0.25) is 0 Å². The van der Waals surface area contributed by atoms with Crippen LogP contribution in [0.25, 0.3) is 0 Å². The van der Waals surface area contributed by atoms with Crippen molar-refractivity contribution in [2.24, 2.45) is 0 Å². The number of pyridine rings is 1. The molecule has 0 radical (unpaired) electrons. The molecule has 0 saturated carbocycles. The van der Waals surface area contributed by atoms with Crippen molar-refractivity contribution in [3.8, 4) is 0 Å². The van der Waals surface area contributed by atoms with Gasteiger partial charge in [0, 0.05) is 25.2 Å². The fourth-order valence-electron chi connectivity index (χ4n) is 5.08. The predicted octanol–water partition coefficient (Wildman–Crippen LogP) is 8.55. The quantitative estimate of drug-likeness (QED) is 0.0987. The summed E-state index contributed by atoms with van der Waals surface area (Å²) in [5.74, 6) is 0. The second-order valence-electron chi connectivity index (χ2n) is 10.9. The van der Waals surface area contributed by atoms with Crippen molar-refractivity contribution in [1.29, 1.82) is 0 Å². The third kappa shape index (κ3) is 17.5. The number of hydrogen-bond acceptors (Lipinski definition) is 3. The van der Waals surface area contributed by atoms with Gasteiger partial charge in [-0.25, -0.2) is 4.57 Å². The molecule has 0 aromatic carbocycles. The zero-order chi connectivity index (χ0) is 25.4. The zero-order valence-electron chi connectivity index (χ0n) is 23.7. The summed E-state index contributed by atoms with van der Waals surface area (Å²) in [6.45, 7) is 5.60. The summed E-state index contributed by atoms with van der Waals surface area (Å²) in [7, 11) is 0. The summed E-state index contributed by atoms with van der Waals surface area (Å²) in [6.07, 6.45) is 31.4. The van der Waals surface area contributed by atoms with Crippen molar-refractivity contribution in [2.75, 3.05) is 19.8 Å². The Balaban J connectivity index is 1.26.